The van der Waals surface area contributed by atoms with Crippen LogP contribution in [0, 0.1) is 0 Å². The fourth-order valence-corrected chi connectivity index (χ4v) is 2.38. The fraction of sp³-hybridized carbons (Fsp3) is 0.364. The summed E-state index contributed by atoms with van der Waals surface area (Å²) in [6, 6.07) is 4.52. The number of hydrogen-bond acceptors (Lipinski definition) is 5. The standard InChI is InChI=1S/C11H16N2O5S/c1-17-9-5-4-8(6-10(9)18-2)13(7-11(12)14)19(3,15)16/h4-6H,7H2,1-3H3,(H2,12,14). The number of rotatable bonds is 6. The average molecular weight is 288 g/mol. The van der Waals surface area contributed by atoms with Gasteiger partial charge in [-0.25, -0.2) is 8.42 Å². The number of nitrogens with zero attached hydrogens (tertiary/aromatic N) is 1. The minimum absolute atomic E-state index is 0.277. The summed E-state index contributed by atoms with van der Waals surface area (Å²) >= 11 is 0. The zero-order valence-corrected chi connectivity index (χ0v) is 11.7. The number of anilines is 1. The van der Waals surface area contributed by atoms with E-state index in [2.05, 4.69) is 0 Å². The number of amides is 1. The molecular weight excluding hydrogens is 272 g/mol. The highest BCUT2D eigenvalue weighted by atomic mass is 32.2. The Hall–Kier alpha value is -1.96. The van der Waals surface area contributed by atoms with Crippen LogP contribution in [0.15, 0.2) is 18.2 Å². The number of carbonyl (C=O) groups excluding carboxylic acids is 1. The second-order valence-corrected chi connectivity index (χ2v) is 5.68. The lowest BCUT2D eigenvalue weighted by Gasteiger charge is -2.21. The van der Waals surface area contributed by atoms with Crippen molar-refractivity contribution in [2.75, 3.05) is 31.3 Å². The van der Waals surface area contributed by atoms with Crippen LogP contribution in [-0.2, 0) is 14.8 Å². The largest absolute Gasteiger partial charge is 0.493 e. The van der Waals surface area contributed by atoms with Crippen molar-refractivity contribution in [1.82, 2.24) is 0 Å². The Bertz CT molecular complexity index is 570. The van der Waals surface area contributed by atoms with Crippen molar-refractivity contribution in [2.45, 2.75) is 0 Å². The summed E-state index contributed by atoms with van der Waals surface area (Å²) in [5, 5.41) is 0. The Morgan fingerprint density at radius 3 is 2.26 bits per heavy atom. The van der Waals surface area contributed by atoms with Gasteiger partial charge in [-0.15, -0.1) is 0 Å². The molecule has 106 valence electrons. The van der Waals surface area contributed by atoms with E-state index < -0.39 is 22.5 Å². The molecule has 0 heterocycles. The molecule has 8 heteroatoms. The first-order chi connectivity index (χ1) is 8.79. The summed E-state index contributed by atoms with van der Waals surface area (Å²) < 4.78 is 34.4. The lowest BCUT2D eigenvalue weighted by Crippen LogP contribution is -2.37. The van der Waals surface area contributed by atoms with Crippen molar-refractivity contribution < 1.29 is 22.7 Å². The number of sulfonamides is 1. The first-order valence-corrected chi connectivity index (χ1v) is 7.12. The summed E-state index contributed by atoms with van der Waals surface area (Å²) in [4.78, 5) is 11.0. The van der Waals surface area contributed by atoms with Crippen LogP contribution in [0.1, 0.15) is 0 Å². The van der Waals surface area contributed by atoms with E-state index in [0.29, 0.717) is 11.5 Å². The average Bonchev–Trinajstić information content (AvgIpc) is 2.33. The third-order valence-electron chi connectivity index (χ3n) is 2.35. The molecule has 1 aromatic rings. The molecule has 0 saturated heterocycles. The molecule has 0 bridgehead atoms. The molecule has 0 spiro atoms. The van der Waals surface area contributed by atoms with Crippen LogP contribution >= 0.6 is 0 Å². The molecule has 0 aliphatic carbocycles. The molecule has 0 atom stereocenters. The predicted octanol–water partition coefficient (Wildman–Crippen LogP) is -0.0449. The zero-order chi connectivity index (χ0) is 14.6. The molecule has 1 aromatic carbocycles. The van der Waals surface area contributed by atoms with Crippen LogP contribution in [0.25, 0.3) is 0 Å². The fourth-order valence-electron chi connectivity index (χ4n) is 1.52. The second kappa shape index (κ2) is 5.79. The quantitative estimate of drug-likeness (QED) is 0.791. The van der Waals surface area contributed by atoms with Crippen LogP contribution in [0.5, 0.6) is 11.5 Å². The highest BCUT2D eigenvalue weighted by molar-refractivity contribution is 7.92. The van der Waals surface area contributed by atoms with Gasteiger partial charge in [0.1, 0.15) is 6.54 Å². The minimum atomic E-state index is -3.62. The van der Waals surface area contributed by atoms with Crippen molar-refractivity contribution in [3.05, 3.63) is 18.2 Å². The Labute approximate surface area is 112 Å². The van der Waals surface area contributed by atoms with E-state index in [9.17, 15) is 13.2 Å². The molecule has 0 aromatic heterocycles. The number of ether oxygens (including phenoxy) is 2. The molecule has 0 saturated carbocycles. The van der Waals surface area contributed by atoms with E-state index >= 15 is 0 Å². The smallest absolute Gasteiger partial charge is 0.238 e. The summed E-state index contributed by atoms with van der Waals surface area (Å²) in [6.45, 7) is -0.436. The van der Waals surface area contributed by atoms with E-state index in [1.165, 1.54) is 26.4 Å². The number of carbonyl (C=O) groups is 1. The van der Waals surface area contributed by atoms with Crippen LogP contribution in [0.2, 0.25) is 0 Å². The zero-order valence-electron chi connectivity index (χ0n) is 10.9. The van der Waals surface area contributed by atoms with Gasteiger partial charge in [-0.2, -0.15) is 0 Å². The molecule has 2 N–H and O–H groups in total. The maximum absolute atomic E-state index is 11.7. The molecular formula is C11H16N2O5S. The molecule has 0 aliphatic rings. The van der Waals surface area contributed by atoms with Crippen molar-refractivity contribution >= 4 is 21.6 Å². The number of hydrogen-bond donors (Lipinski definition) is 1. The van der Waals surface area contributed by atoms with Crippen molar-refractivity contribution in [2.24, 2.45) is 5.73 Å². The van der Waals surface area contributed by atoms with E-state index in [4.69, 9.17) is 15.2 Å². The van der Waals surface area contributed by atoms with Gasteiger partial charge in [0.05, 0.1) is 26.2 Å². The van der Waals surface area contributed by atoms with Gasteiger partial charge in [0.15, 0.2) is 11.5 Å². The van der Waals surface area contributed by atoms with Crippen molar-refractivity contribution in [3.63, 3.8) is 0 Å². The highest BCUT2D eigenvalue weighted by Gasteiger charge is 2.21. The van der Waals surface area contributed by atoms with Gasteiger partial charge in [-0.3, -0.25) is 9.10 Å². The Morgan fingerprint density at radius 1 is 1.26 bits per heavy atom. The molecule has 0 unspecified atom stereocenters. The molecule has 19 heavy (non-hydrogen) atoms. The summed E-state index contributed by atoms with van der Waals surface area (Å²) in [7, 11) is -0.723. The molecule has 7 nitrogen and oxygen atoms in total. The Kier molecular flexibility index (Phi) is 4.60. The molecule has 0 fully saturated rings. The van der Waals surface area contributed by atoms with Crippen LogP contribution in [0.4, 0.5) is 5.69 Å². The lowest BCUT2D eigenvalue weighted by molar-refractivity contribution is -0.116. The van der Waals surface area contributed by atoms with E-state index in [0.717, 1.165) is 10.6 Å². The Balaban J connectivity index is 3.27. The first kappa shape index (κ1) is 15.1. The van der Waals surface area contributed by atoms with Crippen molar-refractivity contribution in [1.29, 1.82) is 0 Å². The van der Waals surface area contributed by atoms with Gasteiger partial charge in [-0.05, 0) is 12.1 Å². The third-order valence-corrected chi connectivity index (χ3v) is 3.50. The highest BCUT2D eigenvalue weighted by Crippen LogP contribution is 2.32. The number of nitrogens with two attached hydrogens (primary N) is 1. The number of primary amides is 1. The van der Waals surface area contributed by atoms with Gasteiger partial charge >= 0.3 is 0 Å². The summed E-state index contributed by atoms with van der Waals surface area (Å²) in [5.74, 6) is 0.0668. The lowest BCUT2D eigenvalue weighted by atomic mass is 10.2. The maximum atomic E-state index is 11.7. The SMILES string of the molecule is COc1ccc(N(CC(N)=O)S(C)(=O)=O)cc1OC. The van der Waals surface area contributed by atoms with Crippen molar-refractivity contribution in [3.8, 4) is 11.5 Å². The topological polar surface area (TPSA) is 98.9 Å². The van der Waals surface area contributed by atoms with Gasteiger partial charge < -0.3 is 15.2 Å². The van der Waals surface area contributed by atoms with Crippen LogP contribution in [-0.4, -0.2) is 41.3 Å². The summed E-state index contributed by atoms with van der Waals surface area (Å²) in [6.07, 6.45) is 0.993. The van der Waals surface area contributed by atoms with Gasteiger partial charge in [0.25, 0.3) is 0 Å². The monoisotopic (exact) mass is 288 g/mol. The number of benzene rings is 1. The van der Waals surface area contributed by atoms with Gasteiger partial charge in [0.2, 0.25) is 15.9 Å². The minimum Gasteiger partial charge on any atom is -0.493 e. The Morgan fingerprint density at radius 2 is 1.84 bits per heavy atom. The molecule has 0 radical (unpaired) electrons. The van der Waals surface area contributed by atoms with Gasteiger partial charge in [-0.1, -0.05) is 0 Å². The van der Waals surface area contributed by atoms with Crippen LogP contribution < -0.4 is 19.5 Å². The normalized spacial score (nSPS) is 10.9. The van der Waals surface area contributed by atoms with Gasteiger partial charge in [0, 0.05) is 6.07 Å². The van der Waals surface area contributed by atoms with Crippen LogP contribution in [0.3, 0.4) is 0 Å². The second-order valence-electron chi connectivity index (χ2n) is 3.78. The van der Waals surface area contributed by atoms with E-state index in [-0.39, 0.29) is 5.69 Å². The maximum Gasteiger partial charge on any atom is 0.238 e. The molecule has 0 aliphatic heterocycles. The van der Waals surface area contributed by atoms with E-state index in [1.807, 2.05) is 0 Å². The predicted molar refractivity (Wildman–Crippen MR) is 70.9 cm³/mol. The summed E-state index contributed by atoms with van der Waals surface area (Å²) in [5.41, 5.74) is 5.33. The molecule has 1 amide bonds. The number of methoxy groups -OCH3 is 2. The molecule has 1 rings (SSSR count). The third kappa shape index (κ3) is 3.75. The van der Waals surface area contributed by atoms with E-state index in [1.54, 1.807) is 6.07 Å². The first-order valence-electron chi connectivity index (χ1n) is 5.27.